The van der Waals surface area contributed by atoms with Crippen molar-refractivity contribution in [1.82, 2.24) is 55.6 Å². The van der Waals surface area contributed by atoms with Gasteiger partial charge >= 0.3 is 0 Å². The SMILES string of the molecule is CC=CC[C@@H](C)[C@@H](O)[C@H]1C(=O)N[C@@H](CC)C(=O)N(C)CC(=O)N(C)[C@@H](CC(C)(C)OCOCC)C(=O)N[C@@H](C(C)C)C(=O)N(C)[C@@H](CC(C)C)C(=O)N[C@@H](C)C(=O)N[C@H](C)C(=O)N(C)[C@@H](CC(C)C)C(=O)N(C)[C@@H](CC(C)C)C(=O)N(C)[C@@H](C(C)C)C(=O)N1C. The molecule has 0 saturated carbocycles. The Morgan fingerprint density at radius 3 is 1.48 bits per heavy atom. The third kappa shape index (κ3) is 23.5. The van der Waals surface area contributed by atoms with E-state index in [0.29, 0.717) is 13.0 Å². The highest BCUT2D eigenvalue weighted by Gasteiger charge is 2.46. The Labute approximate surface area is 538 Å². The van der Waals surface area contributed by atoms with Crippen molar-refractivity contribution in [3.05, 3.63) is 12.2 Å². The van der Waals surface area contributed by atoms with Crippen LogP contribution < -0.4 is 21.3 Å². The normalized spacial score (nSPS) is 26.2. The van der Waals surface area contributed by atoms with E-state index in [1.807, 2.05) is 41.5 Å². The average molecular weight is 1280 g/mol. The lowest BCUT2D eigenvalue weighted by Crippen LogP contribution is -2.63. The van der Waals surface area contributed by atoms with Crippen molar-refractivity contribution < 1.29 is 67.3 Å². The van der Waals surface area contributed by atoms with Crippen LogP contribution in [0, 0.1) is 35.5 Å². The maximum absolute atomic E-state index is 15.2. The van der Waals surface area contributed by atoms with E-state index in [9.17, 15) is 48.3 Å². The number of ether oxygens (including phenoxy) is 2. The number of nitrogens with one attached hydrogen (secondary N) is 4. The van der Waals surface area contributed by atoms with Gasteiger partial charge in [0.05, 0.1) is 18.2 Å². The Kier molecular flexibility index (Phi) is 33.9. The number of aliphatic hydroxyl groups excluding tert-OH is 1. The summed E-state index contributed by atoms with van der Waals surface area (Å²) in [5.74, 6) is -10.1. The van der Waals surface area contributed by atoms with Crippen molar-refractivity contribution in [1.29, 1.82) is 0 Å². The van der Waals surface area contributed by atoms with Crippen molar-refractivity contribution in [2.24, 2.45) is 35.5 Å². The molecule has 25 heteroatoms. The Balaban J connectivity index is 4.41. The first-order valence-corrected chi connectivity index (χ1v) is 32.1. The second-order valence-electron chi connectivity index (χ2n) is 27.2. The first-order valence-electron chi connectivity index (χ1n) is 32.1. The van der Waals surface area contributed by atoms with Crippen LogP contribution in [0.25, 0.3) is 0 Å². The maximum atomic E-state index is 15.2. The number of aliphatic hydroxyl groups is 1. The molecule has 1 fully saturated rings. The van der Waals surface area contributed by atoms with Crippen LogP contribution in [0.2, 0.25) is 0 Å². The molecule has 1 aliphatic rings. The summed E-state index contributed by atoms with van der Waals surface area (Å²) in [6.45, 7) is 30.8. The van der Waals surface area contributed by atoms with E-state index in [-0.39, 0.29) is 56.7 Å². The van der Waals surface area contributed by atoms with Crippen LogP contribution in [0.4, 0.5) is 0 Å². The van der Waals surface area contributed by atoms with Gasteiger partial charge in [0, 0.05) is 62.4 Å². The molecule has 25 nitrogen and oxygen atoms in total. The van der Waals surface area contributed by atoms with Gasteiger partial charge in [0.25, 0.3) is 0 Å². The van der Waals surface area contributed by atoms with Crippen LogP contribution in [0.3, 0.4) is 0 Å². The minimum atomic E-state index is -1.64. The van der Waals surface area contributed by atoms with E-state index in [1.54, 1.807) is 81.4 Å². The fourth-order valence-corrected chi connectivity index (χ4v) is 11.0. The van der Waals surface area contributed by atoms with Crippen LogP contribution in [0.15, 0.2) is 12.2 Å². The highest BCUT2D eigenvalue weighted by molar-refractivity contribution is 5.99. The lowest BCUT2D eigenvalue weighted by molar-refractivity contribution is -0.157. The van der Waals surface area contributed by atoms with E-state index in [0.717, 1.165) is 14.7 Å². The van der Waals surface area contributed by atoms with Crippen molar-refractivity contribution in [3.63, 3.8) is 0 Å². The molecule has 1 aliphatic heterocycles. The van der Waals surface area contributed by atoms with Gasteiger partial charge in [0.2, 0.25) is 65.0 Å². The molecule has 1 heterocycles. The fraction of sp³-hybridized carbons (Fsp3) is 0.800. The van der Waals surface area contributed by atoms with E-state index in [1.165, 1.54) is 82.8 Å². The molecule has 0 unspecified atom stereocenters. The predicted octanol–water partition coefficient (Wildman–Crippen LogP) is 3.40. The van der Waals surface area contributed by atoms with Crippen LogP contribution in [-0.2, 0) is 62.2 Å². The zero-order valence-corrected chi connectivity index (χ0v) is 59.2. The Morgan fingerprint density at radius 1 is 0.533 bits per heavy atom. The van der Waals surface area contributed by atoms with Crippen molar-refractivity contribution in [3.8, 4) is 0 Å². The number of allylic oxidation sites excluding steroid dienone is 2. The monoisotopic (exact) mass is 1280 g/mol. The van der Waals surface area contributed by atoms with Gasteiger partial charge in [-0.15, -0.1) is 0 Å². The van der Waals surface area contributed by atoms with E-state index >= 15 is 9.59 Å². The van der Waals surface area contributed by atoms with Gasteiger partial charge in [-0.05, 0) is 109 Å². The van der Waals surface area contributed by atoms with Crippen molar-refractivity contribution in [2.75, 3.05) is 69.3 Å². The summed E-state index contributed by atoms with van der Waals surface area (Å²) in [7, 11) is 9.81. The second kappa shape index (κ2) is 37.3. The topological polar surface area (TPSA) is 297 Å². The number of hydrogen-bond donors (Lipinski definition) is 5. The minimum Gasteiger partial charge on any atom is -0.390 e. The molecule has 11 amide bonds. The Morgan fingerprint density at radius 2 is 1.00 bits per heavy atom. The van der Waals surface area contributed by atoms with Crippen LogP contribution in [0.5, 0.6) is 0 Å². The van der Waals surface area contributed by atoms with Gasteiger partial charge in [-0.2, -0.15) is 0 Å². The van der Waals surface area contributed by atoms with Gasteiger partial charge in [0.1, 0.15) is 67.2 Å². The summed E-state index contributed by atoms with van der Waals surface area (Å²) in [6.07, 6.45) is 2.62. The molecule has 0 aromatic carbocycles. The van der Waals surface area contributed by atoms with Gasteiger partial charge in [-0.25, -0.2) is 0 Å². The van der Waals surface area contributed by atoms with Gasteiger partial charge in [-0.1, -0.05) is 95.2 Å². The predicted molar refractivity (Wildman–Crippen MR) is 345 cm³/mol. The van der Waals surface area contributed by atoms with Crippen LogP contribution in [0.1, 0.15) is 163 Å². The Hall–Kier alpha value is -6.21. The first-order chi connectivity index (χ1) is 41.6. The van der Waals surface area contributed by atoms with Crippen LogP contribution in [-0.4, -0.2) is 246 Å². The maximum Gasteiger partial charge on any atom is 0.246 e. The summed E-state index contributed by atoms with van der Waals surface area (Å²) < 4.78 is 11.5. The Bertz CT molecular complexity index is 2450. The molecule has 0 aliphatic carbocycles. The zero-order valence-electron chi connectivity index (χ0n) is 59.2. The second-order valence-corrected chi connectivity index (χ2v) is 27.2. The van der Waals surface area contributed by atoms with E-state index < -0.39 is 161 Å². The number of carbonyl (C=O) groups is 11. The number of rotatable bonds is 19. The van der Waals surface area contributed by atoms with Gasteiger partial charge < -0.3 is 70.1 Å². The summed E-state index contributed by atoms with van der Waals surface area (Å²) in [4.78, 5) is 170. The standard InChI is InChI=1S/C65H117N11O14/c1-26-29-30-42(14)54(78)53-58(82)68-45(27-2)60(84)70(19)35-50(77)71(20)49(34-65(17,18)90-36-89-28-3)57(81)69-51(40(10)11)63(87)72(21)46(31-37(4)5)56(80)66-43(15)55(79)67-44(16)59(83)73(22)47(32-38(6)7)61(85)74(23)48(33-39(8)9)62(86)75(24)52(41(12)13)64(88)76(53)25/h26,29,37-49,51-54,78H,27-28,30-36H2,1-25H3,(H,66,80)(H,67,79)(H,68,82)(H,69,81)/t42-,43+,44-,45+,46+,47+,48+,49+,51+,52+,53+,54-/m1/s1. The molecule has 0 spiro atoms. The molecule has 5 N–H and O–H groups in total. The molecule has 12 atom stereocenters. The molecule has 90 heavy (non-hydrogen) atoms. The summed E-state index contributed by atoms with van der Waals surface area (Å²) in [5, 5.41) is 23.1. The van der Waals surface area contributed by atoms with E-state index in [4.69, 9.17) is 9.47 Å². The highest BCUT2D eigenvalue weighted by Crippen LogP contribution is 2.26. The van der Waals surface area contributed by atoms with Crippen molar-refractivity contribution >= 4 is 65.0 Å². The third-order valence-corrected chi connectivity index (χ3v) is 16.8. The summed E-state index contributed by atoms with van der Waals surface area (Å²) in [6, 6.07) is -12.8. The lowest BCUT2D eigenvalue weighted by atomic mass is 9.91. The van der Waals surface area contributed by atoms with E-state index in [2.05, 4.69) is 21.3 Å². The van der Waals surface area contributed by atoms with Crippen molar-refractivity contribution in [2.45, 2.75) is 235 Å². The van der Waals surface area contributed by atoms with Crippen LogP contribution >= 0.6 is 0 Å². The molecular formula is C65H117N11O14. The molecule has 1 rings (SSSR count). The first kappa shape index (κ1) is 81.8. The molecule has 1 saturated heterocycles. The molecule has 0 radical (unpaired) electrons. The lowest BCUT2D eigenvalue weighted by Gasteiger charge is -2.41. The minimum absolute atomic E-state index is 0.00688. The summed E-state index contributed by atoms with van der Waals surface area (Å²) in [5.41, 5.74) is -1.12. The van der Waals surface area contributed by atoms with Gasteiger partial charge in [0.15, 0.2) is 0 Å². The smallest absolute Gasteiger partial charge is 0.246 e. The molecular weight excluding hydrogens is 1160 g/mol. The molecule has 0 bridgehead atoms. The molecule has 516 valence electrons. The quantitative estimate of drug-likeness (QED) is 0.0704. The molecule has 0 aromatic rings. The number of hydrogen-bond acceptors (Lipinski definition) is 14. The number of likely N-dealkylation sites (N-methyl/N-ethyl adjacent to an activating group) is 7. The number of nitrogens with zero attached hydrogens (tertiary/aromatic N) is 7. The number of carbonyl (C=O) groups excluding carboxylic acids is 11. The third-order valence-electron chi connectivity index (χ3n) is 16.8. The average Bonchev–Trinajstić information content (AvgIpc) is 0.849. The molecule has 0 aromatic heterocycles. The summed E-state index contributed by atoms with van der Waals surface area (Å²) >= 11 is 0. The number of amides is 11. The largest absolute Gasteiger partial charge is 0.390 e. The van der Waals surface area contributed by atoms with Gasteiger partial charge in [-0.3, -0.25) is 52.7 Å². The zero-order chi connectivity index (χ0) is 69.7. The highest BCUT2D eigenvalue weighted by atomic mass is 16.7. The fourth-order valence-electron chi connectivity index (χ4n) is 11.0.